The Bertz CT molecular complexity index is 1510. The zero-order chi connectivity index (χ0) is 25.4. The molecule has 1 aliphatic heterocycles. The van der Waals surface area contributed by atoms with Crippen LogP contribution in [0.3, 0.4) is 0 Å². The van der Waals surface area contributed by atoms with Gasteiger partial charge in [0.15, 0.2) is 6.10 Å². The first-order chi connectivity index (χ1) is 17.3. The van der Waals surface area contributed by atoms with Crippen LogP contribution in [0.25, 0.3) is 22.3 Å². The second-order valence-electron chi connectivity index (χ2n) is 9.08. The number of benzene rings is 2. The fourth-order valence-corrected chi connectivity index (χ4v) is 4.66. The summed E-state index contributed by atoms with van der Waals surface area (Å²) < 4.78 is 8.47. The SMILES string of the molecule is CC(Oc1ccc(-c2cc3c([nH]2)c(=O)n(C)c(=O)n3C)cc1)C(=O)N1CCN(c2ccccc2)CC1. The van der Waals surface area contributed by atoms with E-state index in [1.54, 1.807) is 32.2 Å². The van der Waals surface area contributed by atoms with E-state index in [2.05, 4.69) is 22.0 Å². The minimum atomic E-state index is -0.607. The van der Waals surface area contributed by atoms with Gasteiger partial charge in [0, 0.05) is 51.7 Å². The van der Waals surface area contributed by atoms with Crippen LogP contribution in [0.2, 0.25) is 0 Å². The summed E-state index contributed by atoms with van der Waals surface area (Å²) in [5.74, 6) is 0.557. The lowest BCUT2D eigenvalue weighted by Gasteiger charge is -2.37. The highest BCUT2D eigenvalue weighted by atomic mass is 16.5. The summed E-state index contributed by atoms with van der Waals surface area (Å²) >= 11 is 0. The van der Waals surface area contributed by atoms with Gasteiger partial charge >= 0.3 is 5.69 Å². The zero-order valence-corrected chi connectivity index (χ0v) is 20.6. The summed E-state index contributed by atoms with van der Waals surface area (Å²) in [5.41, 5.74) is 2.91. The molecule has 1 N–H and O–H groups in total. The van der Waals surface area contributed by atoms with Crippen LogP contribution in [0.5, 0.6) is 5.75 Å². The fourth-order valence-electron chi connectivity index (χ4n) is 4.66. The van der Waals surface area contributed by atoms with Crippen molar-refractivity contribution in [1.82, 2.24) is 19.0 Å². The largest absolute Gasteiger partial charge is 0.481 e. The van der Waals surface area contributed by atoms with Crippen molar-refractivity contribution in [1.29, 1.82) is 0 Å². The van der Waals surface area contributed by atoms with Crippen molar-refractivity contribution < 1.29 is 9.53 Å². The highest BCUT2D eigenvalue weighted by Crippen LogP contribution is 2.25. The molecule has 1 saturated heterocycles. The third-order valence-electron chi connectivity index (χ3n) is 6.79. The normalized spacial score (nSPS) is 14.8. The summed E-state index contributed by atoms with van der Waals surface area (Å²) in [5, 5.41) is 0. The van der Waals surface area contributed by atoms with Crippen LogP contribution in [0, 0.1) is 0 Å². The molecular weight excluding hydrogens is 458 g/mol. The number of H-pyrrole nitrogens is 1. The molecule has 1 unspecified atom stereocenters. The Morgan fingerprint density at radius 1 is 0.917 bits per heavy atom. The summed E-state index contributed by atoms with van der Waals surface area (Å²) in [7, 11) is 3.10. The third kappa shape index (κ3) is 4.28. The molecule has 1 fully saturated rings. The van der Waals surface area contributed by atoms with E-state index in [9.17, 15) is 14.4 Å². The van der Waals surface area contributed by atoms with E-state index in [0.29, 0.717) is 29.9 Å². The van der Waals surface area contributed by atoms with Gasteiger partial charge in [-0.05, 0) is 55.0 Å². The van der Waals surface area contributed by atoms with Gasteiger partial charge in [0.2, 0.25) is 0 Å². The number of carbonyl (C=O) groups excluding carboxylic acids is 1. The molecule has 1 aliphatic rings. The number of ether oxygens (including phenoxy) is 1. The molecular formula is C27H29N5O4. The number of nitrogens with one attached hydrogen (secondary N) is 1. The van der Waals surface area contributed by atoms with Crippen LogP contribution >= 0.6 is 0 Å². The molecule has 36 heavy (non-hydrogen) atoms. The molecule has 186 valence electrons. The highest BCUT2D eigenvalue weighted by Gasteiger charge is 2.26. The van der Waals surface area contributed by atoms with Crippen LogP contribution in [0.15, 0.2) is 70.3 Å². The Kier molecular flexibility index (Phi) is 6.13. The number of anilines is 1. The number of amides is 1. The Labute approximate surface area is 208 Å². The van der Waals surface area contributed by atoms with E-state index < -0.39 is 6.10 Å². The van der Waals surface area contributed by atoms with E-state index in [1.807, 2.05) is 35.2 Å². The van der Waals surface area contributed by atoms with Gasteiger partial charge in [-0.25, -0.2) is 4.79 Å². The first-order valence-corrected chi connectivity index (χ1v) is 12.0. The first-order valence-electron chi connectivity index (χ1n) is 12.0. The molecule has 0 saturated carbocycles. The lowest BCUT2D eigenvalue weighted by atomic mass is 10.1. The molecule has 9 heteroatoms. The molecule has 0 aliphatic carbocycles. The van der Waals surface area contributed by atoms with Crippen molar-refractivity contribution in [3.05, 3.63) is 81.5 Å². The number of rotatable bonds is 5. The number of hydrogen-bond donors (Lipinski definition) is 1. The number of aryl methyl sites for hydroxylation is 1. The van der Waals surface area contributed by atoms with Crippen molar-refractivity contribution in [2.45, 2.75) is 13.0 Å². The smallest absolute Gasteiger partial charge is 0.331 e. The van der Waals surface area contributed by atoms with E-state index in [-0.39, 0.29) is 17.2 Å². The van der Waals surface area contributed by atoms with Crippen LogP contribution in [-0.4, -0.2) is 57.2 Å². The average molecular weight is 488 g/mol. The molecule has 2 aromatic carbocycles. The van der Waals surface area contributed by atoms with Gasteiger partial charge in [0.1, 0.15) is 11.3 Å². The summed E-state index contributed by atoms with van der Waals surface area (Å²) in [6.45, 7) is 4.66. The molecule has 0 bridgehead atoms. The van der Waals surface area contributed by atoms with E-state index in [4.69, 9.17) is 4.74 Å². The fraction of sp³-hybridized carbons (Fsp3) is 0.296. The van der Waals surface area contributed by atoms with Crippen molar-refractivity contribution in [2.75, 3.05) is 31.1 Å². The van der Waals surface area contributed by atoms with E-state index in [1.165, 1.54) is 17.3 Å². The Balaban J connectivity index is 1.24. The molecule has 3 heterocycles. The minimum absolute atomic E-state index is 0.0285. The number of nitrogens with zero attached hydrogens (tertiary/aromatic N) is 4. The second-order valence-corrected chi connectivity index (χ2v) is 9.08. The zero-order valence-electron chi connectivity index (χ0n) is 20.6. The van der Waals surface area contributed by atoms with Crippen molar-refractivity contribution in [3.63, 3.8) is 0 Å². The molecule has 2 aromatic heterocycles. The number of aromatic amines is 1. The van der Waals surface area contributed by atoms with E-state index >= 15 is 0 Å². The number of hydrogen-bond acceptors (Lipinski definition) is 5. The quantitative estimate of drug-likeness (QED) is 0.467. The Hall–Kier alpha value is -4.27. The van der Waals surface area contributed by atoms with Gasteiger partial charge in [-0.3, -0.25) is 18.7 Å². The lowest BCUT2D eigenvalue weighted by molar-refractivity contribution is -0.138. The molecule has 5 rings (SSSR count). The minimum Gasteiger partial charge on any atom is -0.481 e. The van der Waals surface area contributed by atoms with E-state index in [0.717, 1.165) is 28.9 Å². The number of aromatic nitrogens is 3. The maximum Gasteiger partial charge on any atom is 0.331 e. The summed E-state index contributed by atoms with van der Waals surface area (Å²) in [4.78, 5) is 44.9. The van der Waals surface area contributed by atoms with Crippen molar-refractivity contribution >= 4 is 22.6 Å². The Morgan fingerprint density at radius 2 is 1.58 bits per heavy atom. The second kappa shape index (κ2) is 9.41. The predicted molar refractivity (Wildman–Crippen MR) is 140 cm³/mol. The Morgan fingerprint density at radius 3 is 2.25 bits per heavy atom. The number of carbonyl (C=O) groups is 1. The number of fused-ring (bicyclic) bond motifs is 1. The summed E-state index contributed by atoms with van der Waals surface area (Å²) in [6.07, 6.45) is -0.607. The number of para-hydroxylation sites is 1. The van der Waals surface area contributed by atoms with Gasteiger partial charge in [-0.1, -0.05) is 18.2 Å². The summed E-state index contributed by atoms with van der Waals surface area (Å²) in [6, 6.07) is 19.3. The van der Waals surface area contributed by atoms with Crippen LogP contribution in [-0.2, 0) is 18.9 Å². The molecule has 1 amide bonds. The number of piperazine rings is 1. The monoisotopic (exact) mass is 487 g/mol. The van der Waals surface area contributed by atoms with Gasteiger partial charge in [0.05, 0.1) is 5.52 Å². The topological polar surface area (TPSA) is 92.6 Å². The van der Waals surface area contributed by atoms with Gasteiger partial charge in [-0.15, -0.1) is 0 Å². The molecule has 9 nitrogen and oxygen atoms in total. The van der Waals surface area contributed by atoms with Crippen LogP contribution in [0.4, 0.5) is 5.69 Å². The van der Waals surface area contributed by atoms with Crippen molar-refractivity contribution in [3.8, 4) is 17.0 Å². The average Bonchev–Trinajstić information content (AvgIpc) is 3.37. The van der Waals surface area contributed by atoms with Crippen LogP contribution < -0.4 is 20.9 Å². The third-order valence-corrected chi connectivity index (χ3v) is 6.79. The highest BCUT2D eigenvalue weighted by molar-refractivity contribution is 5.83. The van der Waals surface area contributed by atoms with Crippen molar-refractivity contribution in [2.24, 2.45) is 14.1 Å². The maximum absolute atomic E-state index is 13.0. The maximum atomic E-state index is 13.0. The van der Waals surface area contributed by atoms with Crippen LogP contribution in [0.1, 0.15) is 6.92 Å². The lowest BCUT2D eigenvalue weighted by Crippen LogP contribution is -2.52. The van der Waals surface area contributed by atoms with Gasteiger partial charge < -0.3 is 19.5 Å². The van der Waals surface area contributed by atoms with Gasteiger partial charge in [-0.2, -0.15) is 0 Å². The first kappa shape index (κ1) is 23.5. The molecule has 4 aromatic rings. The predicted octanol–water partition coefficient (Wildman–Crippen LogP) is 2.35. The molecule has 0 spiro atoms. The standard InChI is InChI=1S/C27H29N5O4/c1-18(25(33)32-15-13-31(14-16-32)20-7-5-4-6-8-20)36-21-11-9-19(10-12-21)22-17-23-24(28-22)26(34)30(3)27(35)29(23)2/h4-12,17-18,28H,13-16H2,1-3H3. The molecule has 0 radical (unpaired) electrons. The van der Waals surface area contributed by atoms with Gasteiger partial charge in [0.25, 0.3) is 11.5 Å². The molecule has 1 atom stereocenters.